The summed E-state index contributed by atoms with van der Waals surface area (Å²) in [6.07, 6.45) is 3.84. The number of nitrogens with zero attached hydrogens (tertiary/aromatic N) is 2. The molecule has 0 bridgehead atoms. The highest BCUT2D eigenvalue weighted by molar-refractivity contribution is 5.85. The fourth-order valence-electron chi connectivity index (χ4n) is 0.782. The first-order valence-corrected chi connectivity index (χ1v) is 3.45. The van der Waals surface area contributed by atoms with Gasteiger partial charge in [-0.1, -0.05) is 0 Å². The van der Waals surface area contributed by atoms with Crippen molar-refractivity contribution in [3.63, 3.8) is 0 Å². The summed E-state index contributed by atoms with van der Waals surface area (Å²) in [6.45, 7) is 4.71. The van der Waals surface area contributed by atoms with E-state index in [-0.39, 0.29) is 12.4 Å². The van der Waals surface area contributed by atoms with Gasteiger partial charge in [0.1, 0.15) is 0 Å². The second-order valence-electron chi connectivity index (χ2n) is 2.58. The Hall–Kier alpha value is -0.540. The molecule has 0 aliphatic carbocycles. The average Bonchev–Trinajstić information content (AvgIpc) is 2.34. The van der Waals surface area contributed by atoms with Crippen molar-refractivity contribution in [2.75, 3.05) is 6.54 Å². The Labute approximate surface area is 73.0 Å². The van der Waals surface area contributed by atoms with E-state index in [4.69, 9.17) is 5.73 Å². The predicted octanol–water partition coefficient (Wildman–Crippen LogP) is 1.13. The molecule has 11 heavy (non-hydrogen) atoms. The van der Waals surface area contributed by atoms with Crippen LogP contribution >= 0.6 is 12.4 Å². The van der Waals surface area contributed by atoms with Gasteiger partial charge in [0, 0.05) is 12.7 Å². The Morgan fingerprint density at radius 1 is 1.73 bits per heavy atom. The normalized spacial score (nSPS) is 12.3. The van der Waals surface area contributed by atoms with Crippen molar-refractivity contribution in [1.29, 1.82) is 0 Å². The number of nitrogens with two attached hydrogens (primary N) is 1. The molecular formula is C7H14ClN3. The highest BCUT2D eigenvalue weighted by atomic mass is 35.5. The average molecular weight is 176 g/mol. The van der Waals surface area contributed by atoms with E-state index in [1.165, 1.54) is 5.56 Å². The van der Waals surface area contributed by atoms with Crippen molar-refractivity contribution < 1.29 is 0 Å². The second-order valence-corrected chi connectivity index (χ2v) is 2.58. The van der Waals surface area contributed by atoms with Crippen LogP contribution in [0.5, 0.6) is 0 Å². The Bertz CT molecular complexity index is 209. The Morgan fingerprint density at radius 3 is 2.73 bits per heavy atom. The molecule has 0 spiro atoms. The molecule has 4 heteroatoms. The number of halogens is 1. The van der Waals surface area contributed by atoms with Crippen molar-refractivity contribution in [1.82, 2.24) is 9.78 Å². The number of aryl methyl sites for hydroxylation is 1. The monoisotopic (exact) mass is 175 g/mol. The summed E-state index contributed by atoms with van der Waals surface area (Å²) >= 11 is 0. The van der Waals surface area contributed by atoms with Gasteiger partial charge in [0.05, 0.1) is 12.2 Å². The van der Waals surface area contributed by atoms with Gasteiger partial charge in [-0.05, 0) is 19.4 Å². The van der Waals surface area contributed by atoms with E-state index in [1.54, 1.807) is 0 Å². The van der Waals surface area contributed by atoms with E-state index >= 15 is 0 Å². The molecule has 0 fully saturated rings. The molecule has 0 radical (unpaired) electrons. The molecule has 3 nitrogen and oxygen atoms in total. The molecule has 0 saturated heterocycles. The standard InChI is InChI=1S/C7H13N3.ClH/c1-6-4-9-10(5-6)7(2)3-8;/h4-5,7H,3,8H2,1-2H3;1H. The summed E-state index contributed by atoms with van der Waals surface area (Å²) in [5.41, 5.74) is 6.63. The smallest absolute Gasteiger partial charge is 0.0613 e. The summed E-state index contributed by atoms with van der Waals surface area (Å²) in [6, 6.07) is 0.314. The van der Waals surface area contributed by atoms with E-state index in [2.05, 4.69) is 5.10 Å². The van der Waals surface area contributed by atoms with Gasteiger partial charge < -0.3 is 5.73 Å². The third kappa shape index (κ3) is 2.52. The van der Waals surface area contributed by atoms with Crippen LogP contribution in [0.15, 0.2) is 12.4 Å². The summed E-state index contributed by atoms with van der Waals surface area (Å²) in [4.78, 5) is 0. The minimum atomic E-state index is 0. The van der Waals surface area contributed by atoms with E-state index in [0.717, 1.165) is 0 Å². The van der Waals surface area contributed by atoms with Crippen LogP contribution in [0.25, 0.3) is 0 Å². The van der Waals surface area contributed by atoms with Gasteiger partial charge in [-0.3, -0.25) is 4.68 Å². The van der Waals surface area contributed by atoms with Crippen LogP contribution in [-0.2, 0) is 0 Å². The first kappa shape index (κ1) is 10.5. The van der Waals surface area contributed by atoms with Crippen LogP contribution in [0.3, 0.4) is 0 Å². The summed E-state index contributed by atoms with van der Waals surface area (Å²) in [5.74, 6) is 0. The van der Waals surface area contributed by atoms with Crippen molar-refractivity contribution in [3.8, 4) is 0 Å². The lowest BCUT2D eigenvalue weighted by atomic mass is 10.3. The van der Waals surface area contributed by atoms with Gasteiger partial charge >= 0.3 is 0 Å². The molecule has 1 unspecified atom stereocenters. The van der Waals surface area contributed by atoms with Crippen LogP contribution in [0.2, 0.25) is 0 Å². The van der Waals surface area contributed by atoms with Crippen LogP contribution in [0.1, 0.15) is 18.5 Å². The van der Waals surface area contributed by atoms with Crippen LogP contribution in [0.4, 0.5) is 0 Å². The van der Waals surface area contributed by atoms with Crippen LogP contribution in [-0.4, -0.2) is 16.3 Å². The Morgan fingerprint density at radius 2 is 2.36 bits per heavy atom. The SMILES string of the molecule is Cc1cnn(C(C)CN)c1.Cl. The number of aromatic nitrogens is 2. The fourth-order valence-corrected chi connectivity index (χ4v) is 0.782. The highest BCUT2D eigenvalue weighted by Crippen LogP contribution is 2.02. The first-order valence-electron chi connectivity index (χ1n) is 3.45. The van der Waals surface area contributed by atoms with Gasteiger partial charge in [-0.2, -0.15) is 5.10 Å². The zero-order valence-electron chi connectivity index (χ0n) is 6.82. The maximum atomic E-state index is 5.45. The van der Waals surface area contributed by atoms with Gasteiger partial charge in [-0.25, -0.2) is 0 Å². The molecule has 64 valence electrons. The molecular weight excluding hydrogens is 162 g/mol. The van der Waals surface area contributed by atoms with Crippen molar-refractivity contribution in [2.24, 2.45) is 5.73 Å². The number of hydrogen-bond acceptors (Lipinski definition) is 2. The lowest BCUT2D eigenvalue weighted by Gasteiger charge is -2.07. The molecule has 1 aromatic heterocycles. The van der Waals surface area contributed by atoms with Gasteiger partial charge in [0.25, 0.3) is 0 Å². The molecule has 1 atom stereocenters. The summed E-state index contributed by atoms with van der Waals surface area (Å²) in [5, 5.41) is 4.12. The summed E-state index contributed by atoms with van der Waals surface area (Å²) < 4.78 is 1.88. The fraction of sp³-hybridized carbons (Fsp3) is 0.571. The van der Waals surface area contributed by atoms with Crippen molar-refractivity contribution in [2.45, 2.75) is 19.9 Å². The van der Waals surface area contributed by atoms with E-state index in [9.17, 15) is 0 Å². The first-order chi connectivity index (χ1) is 4.74. The zero-order chi connectivity index (χ0) is 7.56. The third-order valence-corrected chi connectivity index (χ3v) is 1.52. The topological polar surface area (TPSA) is 43.8 Å². The molecule has 1 heterocycles. The van der Waals surface area contributed by atoms with Crippen molar-refractivity contribution in [3.05, 3.63) is 18.0 Å². The van der Waals surface area contributed by atoms with E-state index in [0.29, 0.717) is 12.6 Å². The molecule has 0 saturated carbocycles. The van der Waals surface area contributed by atoms with Crippen LogP contribution in [0, 0.1) is 6.92 Å². The second kappa shape index (κ2) is 4.36. The Kier molecular flexibility index (Phi) is 4.15. The predicted molar refractivity (Wildman–Crippen MR) is 48.0 cm³/mol. The highest BCUT2D eigenvalue weighted by Gasteiger charge is 2.00. The van der Waals surface area contributed by atoms with Gasteiger partial charge in [-0.15, -0.1) is 12.4 Å². The molecule has 0 amide bonds. The molecule has 0 aliphatic rings. The largest absolute Gasteiger partial charge is 0.328 e. The van der Waals surface area contributed by atoms with E-state index in [1.807, 2.05) is 30.9 Å². The summed E-state index contributed by atoms with van der Waals surface area (Å²) in [7, 11) is 0. The maximum absolute atomic E-state index is 5.45. The molecule has 0 aromatic carbocycles. The third-order valence-electron chi connectivity index (χ3n) is 1.52. The molecule has 2 N–H and O–H groups in total. The lowest BCUT2D eigenvalue weighted by Crippen LogP contribution is -2.16. The maximum Gasteiger partial charge on any atom is 0.0613 e. The lowest BCUT2D eigenvalue weighted by molar-refractivity contribution is 0.500. The minimum Gasteiger partial charge on any atom is -0.328 e. The van der Waals surface area contributed by atoms with Gasteiger partial charge in [0.2, 0.25) is 0 Å². The molecule has 1 aromatic rings. The van der Waals surface area contributed by atoms with Crippen LogP contribution < -0.4 is 5.73 Å². The Balaban J connectivity index is 0.000001000. The quantitative estimate of drug-likeness (QED) is 0.733. The van der Waals surface area contributed by atoms with Gasteiger partial charge in [0.15, 0.2) is 0 Å². The van der Waals surface area contributed by atoms with Crippen molar-refractivity contribution >= 4 is 12.4 Å². The number of rotatable bonds is 2. The van der Waals surface area contributed by atoms with E-state index < -0.39 is 0 Å². The minimum absolute atomic E-state index is 0. The molecule has 0 aliphatic heterocycles. The zero-order valence-corrected chi connectivity index (χ0v) is 7.64. The number of hydrogen-bond donors (Lipinski definition) is 1. The molecule has 1 rings (SSSR count).